The Labute approximate surface area is 168 Å². The molecule has 7 heteroatoms. The number of hydrogen-bond donors (Lipinski definition) is 1. The first-order valence-electron chi connectivity index (χ1n) is 9.64. The van der Waals surface area contributed by atoms with Crippen molar-refractivity contribution in [3.8, 4) is 11.3 Å². The number of carbonyl (C=O) groups is 2. The third kappa shape index (κ3) is 4.18. The van der Waals surface area contributed by atoms with Crippen molar-refractivity contribution in [1.82, 2.24) is 20.2 Å². The highest BCUT2D eigenvalue weighted by atomic mass is 16.3. The van der Waals surface area contributed by atoms with Gasteiger partial charge in [0.25, 0.3) is 11.8 Å². The number of nitrogens with one attached hydrogen (secondary N) is 1. The summed E-state index contributed by atoms with van der Waals surface area (Å²) >= 11 is 0. The molecule has 2 aromatic heterocycles. The minimum atomic E-state index is -0.235. The number of aromatic nitrogens is 2. The Morgan fingerprint density at radius 2 is 2.00 bits per heavy atom. The number of furan rings is 1. The summed E-state index contributed by atoms with van der Waals surface area (Å²) in [6.45, 7) is 2.89. The fraction of sp³-hybridized carbons (Fsp3) is 0.273. The van der Waals surface area contributed by atoms with E-state index in [4.69, 9.17) is 4.42 Å². The van der Waals surface area contributed by atoms with Crippen LogP contribution >= 0.6 is 0 Å². The molecule has 1 unspecified atom stereocenters. The van der Waals surface area contributed by atoms with Gasteiger partial charge in [-0.3, -0.25) is 9.59 Å². The van der Waals surface area contributed by atoms with Crippen molar-refractivity contribution >= 4 is 11.8 Å². The van der Waals surface area contributed by atoms with E-state index >= 15 is 0 Å². The Balaban J connectivity index is 1.50. The average molecular weight is 390 g/mol. The summed E-state index contributed by atoms with van der Waals surface area (Å²) in [6, 6.07) is 12.8. The van der Waals surface area contributed by atoms with Crippen LogP contribution in [-0.4, -0.2) is 45.8 Å². The van der Waals surface area contributed by atoms with E-state index in [1.807, 2.05) is 30.3 Å². The Morgan fingerprint density at radius 1 is 1.17 bits per heavy atom. The lowest BCUT2D eigenvalue weighted by molar-refractivity contribution is 0.0647. The summed E-state index contributed by atoms with van der Waals surface area (Å²) in [7, 11) is 0. The number of benzene rings is 1. The molecule has 29 heavy (non-hydrogen) atoms. The lowest BCUT2D eigenvalue weighted by atomic mass is 10.0. The number of rotatable bonds is 4. The number of aryl methyl sites for hydroxylation is 1. The monoisotopic (exact) mass is 390 g/mol. The van der Waals surface area contributed by atoms with Crippen LogP contribution in [0.25, 0.3) is 11.3 Å². The summed E-state index contributed by atoms with van der Waals surface area (Å²) in [5, 5.41) is 3.05. The van der Waals surface area contributed by atoms with Crippen LogP contribution in [0.3, 0.4) is 0 Å². The molecule has 0 spiro atoms. The molecule has 1 N–H and O–H groups in total. The van der Waals surface area contributed by atoms with Crippen LogP contribution in [0.4, 0.5) is 0 Å². The summed E-state index contributed by atoms with van der Waals surface area (Å²) in [5.74, 6) is 0.530. The molecule has 3 aromatic rings. The largest absolute Gasteiger partial charge is 0.459 e. The smallest absolute Gasteiger partial charge is 0.289 e. The van der Waals surface area contributed by atoms with Crippen LogP contribution in [0, 0.1) is 6.92 Å². The zero-order chi connectivity index (χ0) is 20.2. The van der Waals surface area contributed by atoms with E-state index in [0.717, 1.165) is 18.4 Å². The van der Waals surface area contributed by atoms with E-state index < -0.39 is 0 Å². The molecule has 148 valence electrons. The molecule has 2 amide bonds. The first kappa shape index (κ1) is 18.9. The van der Waals surface area contributed by atoms with E-state index in [9.17, 15) is 9.59 Å². The molecule has 4 rings (SSSR count). The van der Waals surface area contributed by atoms with Gasteiger partial charge < -0.3 is 14.6 Å². The molecule has 1 atom stereocenters. The second kappa shape index (κ2) is 8.26. The number of amides is 2. The Kier molecular flexibility index (Phi) is 5.37. The second-order valence-corrected chi connectivity index (χ2v) is 7.09. The number of hydrogen-bond acceptors (Lipinski definition) is 5. The topological polar surface area (TPSA) is 88.3 Å². The maximum absolute atomic E-state index is 13.0. The van der Waals surface area contributed by atoms with Gasteiger partial charge in [0.15, 0.2) is 5.76 Å². The third-order valence-electron chi connectivity index (χ3n) is 4.98. The third-order valence-corrected chi connectivity index (χ3v) is 4.98. The highest BCUT2D eigenvalue weighted by Gasteiger charge is 2.27. The van der Waals surface area contributed by atoms with Gasteiger partial charge in [0.1, 0.15) is 5.82 Å². The van der Waals surface area contributed by atoms with Gasteiger partial charge in [-0.1, -0.05) is 30.3 Å². The van der Waals surface area contributed by atoms with E-state index in [1.165, 1.54) is 6.26 Å². The Morgan fingerprint density at radius 3 is 2.76 bits per heavy atom. The van der Waals surface area contributed by atoms with Gasteiger partial charge >= 0.3 is 0 Å². The van der Waals surface area contributed by atoms with Gasteiger partial charge in [-0.25, -0.2) is 9.97 Å². The zero-order valence-corrected chi connectivity index (χ0v) is 16.2. The Bertz CT molecular complexity index is 1000. The predicted octanol–water partition coefficient (Wildman–Crippen LogP) is 3.08. The molecule has 0 saturated carbocycles. The maximum atomic E-state index is 13.0. The van der Waals surface area contributed by atoms with Gasteiger partial charge in [-0.05, 0) is 31.9 Å². The molecule has 1 aromatic carbocycles. The fourth-order valence-electron chi connectivity index (χ4n) is 3.55. The highest BCUT2D eigenvalue weighted by molar-refractivity contribution is 5.99. The predicted molar refractivity (Wildman–Crippen MR) is 107 cm³/mol. The van der Waals surface area contributed by atoms with Gasteiger partial charge in [-0.2, -0.15) is 0 Å². The van der Waals surface area contributed by atoms with Crippen LogP contribution in [0.5, 0.6) is 0 Å². The molecule has 0 bridgehead atoms. The van der Waals surface area contributed by atoms with E-state index in [1.54, 1.807) is 30.2 Å². The van der Waals surface area contributed by atoms with Crippen LogP contribution in [0.1, 0.15) is 39.6 Å². The molecule has 0 radical (unpaired) electrons. The minimum absolute atomic E-state index is 0.139. The molecule has 1 aliphatic heterocycles. The van der Waals surface area contributed by atoms with Gasteiger partial charge in [0.05, 0.1) is 17.5 Å². The normalized spacial score (nSPS) is 16.4. The SMILES string of the molecule is Cc1ncc(C(=O)NC2CCCN(C(=O)c3ccco3)C2)c(-c2ccccc2)n1. The van der Waals surface area contributed by atoms with Crippen LogP contribution in [0.2, 0.25) is 0 Å². The van der Waals surface area contributed by atoms with Gasteiger partial charge in [0.2, 0.25) is 0 Å². The highest BCUT2D eigenvalue weighted by Crippen LogP contribution is 2.22. The van der Waals surface area contributed by atoms with Crippen molar-refractivity contribution in [1.29, 1.82) is 0 Å². The summed E-state index contributed by atoms with van der Waals surface area (Å²) in [6.07, 6.45) is 4.67. The van der Waals surface area contributed by atoms with Crippen LogP contribution in [-0.2, 0) is 0 Å². The molecular formula is C22H22N4O3. The first-order chi connectivity index (χ1) is 14.1. The molecular weight excluding hydrogens is 368 g/mol. The maximum Gasteiger partial charge on any atom is 0.289 e. The molecule has 1 fully saturated rings. The number of likely N-dealkylation sites (tertiary alicyclic amines) is 1. The van der Waals surface area contributed by atoms with E-state index in [0.29, 0.717) is 35.9 Å². The van der Waals surface area contributed by atoms with Crippen molar-refractivity contribution in [3.05, 3.63) is 72.1 Å². The average Bonchev–Trinajstić information content (AvgIpc) is 3.29. The standard InChI is InChI=1S/C22H22N4O3/c1-15-23-13-18(20(24-15)16-7-3-2-4-8-16)21(27)25-17-9-5-11-26(14-17)22(28)19-10-6-12-29-19/h2-4,6-8,10,12-13,17H,5,9,11,14H2,1H3,(H,25,27). The van der Waals surface area contributed by atoms with Crippen LogP contribution < -0.4 is 5.32 Å². The lowest BCUT2D eigenvalue weighted by Crippen LogP contribution is -2.49. The molecule has 0 aliphatic carbocycles. The zero-order valence-electron chi connectivity index (χ0n) is 16.2. The number of carbonyl (C=O) groups excluding carboxylic acids is 2. The van der Waals surface area contributed by atoms with E-state index in [2.05, 4.69) is 15.3 Å². The van der Waals surface area contributed by atoms with Gasteiger partial charge in [-0.15, -0.1) is 0 Å². The van der Waals surface area contributed by atoms with Crippen molar-refractivity contribution in [2.75, 3.05) is 13.1 Å². The fourth-order valence-corrected chi connectivity index (χ4v) is 3.55. The summed E-state index contributed by atoms with van der Waals surface area (Å²) in [4.78, 5) is 36.0. The summed E-state index contributed by atoms with van der Waals surface area (Å²) < 4.78 is 5.21. The molecule has 7 nitrogen and oxygen atoms in total. The van der Waals surface area contributed by atoms with Crippen molar-refractivity contribution in [3.63, 3.8) is 0 Å². The number of nitrogens with zero attached hydrogens (tertiary/aromatic N) is 3. The van der Waals surface area contributed by atoms with Crippen molar-refractivity contribution in [2.24, 2.45) is 0 Å². The first-order valence-corrected chi connectivity index (χ1v) is 9.64. The van der Waals surface area contributed by atoms with Gasteiger partial charge in [0, 0.05) is 30.9 Å². The second-order valence-electron chi connectivity index (χ2n) is 7.09. The molecule has 1 aliphatic rings. The minimum Gasteiger partial charge on any atom is -0.459 e. The molecule has 3 heterocycles. The van der Waals surface area contributed by atoms with Crippen molar-refractivity contribution in [2.45, 2.75) is 25.8 Å². The lowest BCUT2D eigenvalue weighted by Gasteiger charge is -2.32. The number of piperidine rings is 1. The molecule has 1 saturated heterocycles. The van der Waals surface area contributed by atoms with Crippen LogP contribution in [0.15, 0.2) is 59.3 Å². The Hall–Kier alpha value is -3.48. The van der Waals surface area contributed by atoms with E-state index in [-0.39, 0.29) is 17.9 Å². The quantitative estimate of drug-likeness (QED) is 0.740. The van der Waals surface area contributed by atoms with Crippen molar-refractivity contribution < 1.29 is 14.0 Å². The summed E-state index contributed by atoms with van der Waals surface area (Å²) in [5.41, 5.74) is 1.90.